The van der Waals surface area contributed by atoms with E-state index >= 15 is 0 Å². The van der Waals surface area contributed by atoms with Gasteiger partial charge in [0.1, 0.15) is 7.11 Å². The third-order valence-electron chi connectivity index (χ3n) is 1.19. The van der Waals surface area contributed by atoms with Crippen LogP contribution in [0.5, 0.6) is 0 Å². The molecule has 0 saturated heterocycles. The van der Waals surface area contributed by atoms with Gasteiger partial charge in [-0.2, -0.15) is 0 Å². The van der Waals surface area contributed by atoms with Crippen molar-refractivity contribution < 1.29 is 4.84 Å². The molecule has 0 fully saturated rings. The molecule has 3 heteroatoms. The van der Waals surface area contributed by atoms with Crippen LogP contribution >= 0.6 is 11.6 Å². The largest absolute Gasteiger partial charge is 0.399 e. The summed E-state index contributed by atoms with van der Waals surface area (Å²) >= 11 is 5.62. The maximum atomic E-state index is 5.62. The van der Waals surface area contributed by atoms with Crippen molar-refractivity contribution in [3.63, 3.8) is 0 Å². The van der Waals surface area contributed by atoms with Crippen LogP contribution in [0.25, 0.3) is 0 Å². The lowest BCUT2D eigenvalue weighted by Crippen LogP contribution is -2.21. The highest BCUT2D eigenvalue weighted by Gasteiger charge is 2.18. The maximum Gasteiger partial charge on any atom is 0.106 e. The number of nitrogens with zero attached hydrogens (tertiary/aromatic N) is 1. The van der Waals surface area contributed by atoms with Crippen LogP contribution in [0.1, 0.15) is 20.8 Å². The molecule has 0 bridgehead atoms. The van der Waals surface area contributed by atoms with Crippen LogP contribution in [0.15, 0.2) is 5.16 Å². The fourth-order valence-electron chi connectivity index (χ4n) is 0.472. The molecule has 0 aliphatic heterocycles. The molecule has 10 heavy (non-hydrogen) atoms. The van der Waals surface area contributed by atoms with Gasteiger partial charge in [0.05, 0.1) is 11.6 Å². The Hall–Kier alpha value is -0.240. The minimum Gasteiger partial charge on any atom is -0.399 e. The number of hydrogen-bond donors (Lipinski definition) is 0. The van der Waals surface area contributed by atoms with Crippen molar-refractivity contribution in [2.75, 3.05) is 13.0 Å². The molecule has 0 amide bonds. The van der Waals surface area contributed by atoms with Gasteiger partial charge in [-0.1, -0.05) is 25.9 Å². The van der Waals surface area contributed by atoms with Gasteiger partial charge in [-0.25, -0.2) is 0 Å². The minimum absolute atomic E-state index is 0.0117. The first-order chi connectivity index (χ1) is 4.52. The molecule has 0 spiro atoms. The first kappa shape index (κ1) is 9.76. The second-order valence-corrected chi connectivity index (χ2v) is 3.37. The lowest BCUT2D eigenvalue weighted by atomic mass is 9.91. The molecule has 0 aromatic heterocycles. The molecule has 2 nitrogen and oxygen atoms in total. The summed E-state index contributed by atoms with van der Waals surface area (Å²) in [5.41, 5.74) is 0.884. The third-order valence-corrected chi connectivity index (χ3v) is 1.45. The standard InChI is InChI=1S/C7H14ClNO/c1-7(2,3)6(5-8)9-10-4/h5H2,1-4H3/b9-6-. The van der Waals surface area contributed by atoms with Crippen LogP contribution in [0.3, 0.4) is 0 Å². The molecule has 0 atom stereocenters. The van der Waals surface area contributed by atoms with Crippen LogP contribution in [0.4, 0.5) is 0 Å². The van der Waals surface area contributed by atoms with Gasteiger partial charge in [0, 0.05) is 5.41 Å². The van der Waals surface area contributed by atoms with Gasteiger partial charge in [0.25, 0.3) is 0 Å². The van der Waals surface area contributed by atoms with Crippen molar-refractivity contribution >= 4 is 17.3 Å². The number of rotatable bonds is 2. The van der Waals surface area contributed by atoms with E-state index in [-0.39, 0.29) is 5.41 Å². The predicted octanol–water partition coefficient (Wildman–Crippen LogP) is 2.27. The molecular formula is C7H14ClNO. The summed E-state index contributed by atoms with van der Waals surface area (Å²) in [6, 6.07) is 0. The van der Waals surface area contributed by atoms with E-state index in [1.807, 2.05) is 20.8 Å². The van der Waals surface area contributed by atoms with Crippen LogP contribution in [0.2, 0.25) is 0 Å². The van der Waals surface area contributed by atoms with Gasteiger partial charge in [-0.05, 0) is 0 Å². The summed E-state index contributed by atoms with van der Waals surface area (Å²) in [5, 5.41) is 3.80. The molecule has 0 aliphatic rings. The molecule has 0 unspecified atom stereocenters. The highest BCUT2D eigenvalue weighted by molar-refractivity contribution is 6.29. The Morgan fingerprint density at radius 2 is 2.00 bits per heavy atom. The van der Waals surface area contributed by atoms with Crippen molar-refractivity contribution in [1.82, 2.24) is 0 Å². The molecular weight excluding hydrogens is 150 g/mol. The van der Waals surface area contributed by atoms with E-state index in [2.05, 4.69) is 9.99 Å². The SMILES string of the molecule is CO/N=C(/CCl)C(C)(C)C. The van der Waals surface area contributed by atoms with E-state index in [0.717, 1.165) is 5.71 Å². The topological polar surface area (TPSA) is 21.6 Å². The number of halogens is 1. The van der Waals surface area contributed by atoms with Crippen molar-refractivity contribution in [3.05, 3.63) is 0 Å². The molecule has 0 N–H and O–H groups in total. The van der Waals surface area contributed by atoms with Crippen LogP contribution in [-0.4, -0.2) is 18.7 Å². The second-order valence-electron chi connectivity index (χ2n) is 3.10. The minimum atomic E-state index is 0.0117. The maximum absolute atomic E-state index is 5.62. The fourth-order valence-corrected chi connectivity index (χ4v) is 0.922. The van der Waals surface area contributed by atoms with Crippen LogP contribution in [0, 0.1) is 5.41 Å². The summed E-state index contributed by atoms with van der Waals surface area (Å²) in [7, 11) is 1.53. The van der Waals surface area contributed by atoms with Crippen LogP contribution in [-0.2, 0) is 4.84 Å². The van der Waals surface area contributed by atoms with E-state index in [9.17, 15) is 0 Å². The van der Waals surface area contributed by atoms with E-state index in [4.69, 9.17) is 11.6 Å². The quantitative estimate of drug-likeness (QED) is 0.348. The van der Waals surface area contributed by atoms with Gasteiger partial charge >= 0.3 is 0 Å². The Kier molecular flexibility index (Phi) is 3.72. The Morgan fingerprint density at radius 1 is 1.50 bits per heavy atom. The molecule has 0 radical (unpaired) electrons. The first-order valence-corrected chi connectivity index (χ1v) is 3.72. The lowest BCUT2D eigenvalue weighted by molar-refractivity contribution is 0.209. The van der Waals surface area contributed by atoms with Gasteiger partial charge in [0.2, 0.25) is 0 Å². The van der Waals surface area contributed by atoms with E-state index in [1.54, 1.807) is 0 Å². The molecule has 0 rings (SSSR count). The molecule has 0 heterocycles. The third kappa shape index (κ3) is 3.06. The average Bonchev–Trinajstić information content (AvgIpc) is 1.80. The van der Waals surface area contributed by atoms with Crippen molar-refractivity contribution in [3.8, 4) is 0 Å². The Balaban J connectivity index is 4.21. The summed E-state index contributed by atoms with van der Waals surface area (Å²) in [5.74, 6) is 0.428. The van der Waals surface area contributed by atoms with Crippen molar-refractivity contribution in [2.24, 2.45) is 10.6 Å². The normalized spacial score (nSPS) is 13.5. The van der Waals surface area contributed by atoms with Crippen LogP contribution < -0.4 is 0 Å². The number of oxime groups is 1. The number of alkyl halides is 1. The fraction of sp³-hybridized carbons (Fsp3) is 0.857. The Morgan fingerprint density at radius 3 is 2.10 bits per heavy atom. The highest BCUT2D eigenvalue weighted by atomic mass is 35.5. The van der Waals surface area contributed by atoms with Gasteiger partial charge in [-0.3, -0.25) is 0 Å². The average molecular weight is 164 g/mol. The zero-order valence-corrected chi connectivity index (χ0v) is 7.70. The van der Waals surface area contributed by atoms with Gasteiger partial charge in [-0.15, -0.1) is 11.6 Å². The smallest absolute Gasteiger partial charge is 0.106 e. The summed E-state index contributed by atoms with van der Waals surface area (Å²) in [6.07, 6.45) is 0. The molecule has 60 valence electrons. The van der Waals surface area contributed by atoms with Gasteiger partial charge in [0.15, 0.2) is 0 Å². The van der Waals surface area contributed by atoms with Crippen molar-refractivity contribution in [1.29, 1.82) is 0 Å². The molecule has 0 aliphatic carbocycles. The Bertz CT molecular complexity index is 126. The van der Waals surface area contributed by atoms with E-state index in [0.29, 0.717) is 5.88 Å². The monoisotopic (exact) mass is 163 g/mol. The summed E-state index contributed by atoms with van der Waals surface area (Å²) in [4.78, 5) is 4.62. The van der Waals surface area contributed by atoms with E-state index < -0.39 is 0 Å². The summed E-state index contributed by atoms with van der Waals surface area (Å²) in [6.45, 7) is 6.15. The molecule has 0 aromatic rings. The Labute approximate surface area is 67.2 Å². The van der Waals surface area contributed by atoms with Gasteiger partial charge < -0.3 is 4.84 Å². The predicted molar refractivity (Wildman–Crippen MR) is 44.6 cm³/mol. The molecule has 0 aromatic carbocycles. The second kappa shape index (κ2) is 3.81. The van der Waals surface area contributed by atoms with Crippen molar-refractivity contribution in [2.45, 2.75) is 20.8 Å². The molecule has 0 saturated carbocycles. The van der Waals surface area contributed by atoms with E-state index in [1.165, 1.54) is 7.11 Å². The summed E-state index contributed by atoms with van der Waals surface area (Å²) < 4.78 is 0. The first-order valence-electron chi connectivity index (χ1n) is 3.19. The zero-order chi connectivity index (χ0) is 8.20. The zero-order valence-electron chi connectivity index (χ0n) is 6.94. The number of hydrogen-bond acceptors (Lipinski definition) is 2. The lowest BCUT2D eigenvalue weighted by Gasteiger charge is -2.17. The highest BCUT2D eigenvalue weighted by Crippen LogP contribution is 2.16.